The molecule has 0 saturated carbocycles. The van der Waals surface area contributed by atoms with E-state index < -0.39 is 0 Å². The van der Waals surface area contributed by atoms with Crippen molar-refractivity contribution in [1.82, 2.24) is 4.90 Å². The van der Waals surface area contributed by atoms with Crippen molar-refractivity contribution in [1.29, 1.82) is 0 Å². The molecule has 1 heterocycles. The van der Waals surface area contributed by atoms with Crippen LogP contribution in [0.2, 0.25) is 0 Å². The molecule has 0 radical (unpaired) electrons. The van der Waals surface area contributed by atoms with Gasteiger partial charge in [0.2, 0.25) is 0 Å². The Morgan fingerprint density at radius 1 is 1.24 bits per heavy atom. The SMILES string of the molecule is CCN1CCC(CCN=C(N)Nc2cccc3c2CCCC3)CC1.I. The molecule has 0 spiro atoms. The van der Waals surface area contributed by atoms with E-state index >= 15 is 0 Å². The summed E-state index contributed by atoms with van der Waals surface area (Å²) in [5, 5.41) is 3.34. The summed E-state index contributed by atoms with van der Waals surface area (Å²) < 4.78 is 0. The number of anilines is 1. The molecule has 0 amide bonds. The molecular weight excluding hydrogens is 423 g/mol. The number of benzene rings is 1. The lowest BCUT2D eigenvalue weighted by atomic mass is 9.90. The third kappa shape index (κ3) is 5.84. The summed E-state index contributed by atoms with van der Waals surface area (Å²) in [5.41, 5.74) is 10.2. The number of rotatable bonds is 5. The van der Waals surface area contributed by atoms with Crippen molar-refractivity contribution >= 4 is 35.6 Å². The Morgan fingerprint density at radius 3 is 2.76 bits per heavy atom. The average Bonchev–Trinajstić information content (AvgIpc) is 2.63. The van der Waals surface area contributed by atoms with Gasteiger partial charge in [0.15, 0.2) is 5.96 Å². The maximum atomic E-state index is 6.13. The van der Waals surface area contributed by atoms with Gasteiger partial charge < -0.3 is 16.0 Å². The van der Waals surface area contributed by atoms with Gasteiger partial charge in [0.05, 0.1) is 0 Å². The van der Waals surface area contributed by atoms with Gasteiger partial charge in [-0.2, -0.15) is 0 Å². The fraction of sp³-hybridized carbons (Fsp3) is 0.650. The molecule has 1 saturated heterocycles. The van der Waals surface area contributed by atoms with Gasteiger partial charge in [-0.05, 0) is 87.7 Å². The molecule has 0 unspecified atom stereocenters. The van der Waals surface area contributed by atoms with Gasteiger partial charge in [-0.3, -0.25) is 4.99 Å². The van der Waals surface area contributed by atoms with E-state index in [4.69, 9.17) is 5.73 Å². The number of hydrogen-bond acceptors (Lipinski definition) is 2. The normalized spacial score (nSPS) is 19.2. The van der Waals surface area contributed by atoms with Gasteiger partial charge in [0.25, 0.3) is 0 Å². The average molecular weight is 456 g/mol. The molecule has 1 aliphatic carbocycles. The minimum atomic E-state index is 0. The van der Waals surface area contributed by atoms with Gasteiger partial charge in [-0.1, -0.05) is 19.1 Å². The van der Waals surface area contributed by atoms with Crippen LogP contribution in [0.4, 0.5) is 5.69 Å². The highest BCUT2D eigenvalue weighted by molar-refractivity contribution is 14.0. The van der Waals surface area contributed by atoms with Gasteiger partial charge >= 0.3 is 0 Å². The Balaban J connectivity index is 0.00000225. The number of halogens is 1. The number of hydrogen-bond donors (Lipinski definition) is 2. The van der Waals surface area contributed by atoms with E-state index in [0.717, 1.165) is 31.0 Å². The quantitative estimate of drug-likeness (QED) is 0.400. The lowest BCUT2D eigenvalue weighted by Crippen LogP contribution is -2.33. The molecule has 0 aromatic heterocycles. The van der Waals surface area contributed by atoms with Crippen LogP contribution in [-0.2, 0) is 12.8 Å². The van der Waals surface area contributed by atoms with Crippen LogP contribution in [0.3, 0.4) is 0 Å². The van der Waals surface area contributed by atoms with E-state index in [2.05, 4.69) is 40.3 Å². The molecule has 2 aliphatic rings. The van der Waals surface area contributed by atoms with Crippen molar-refractivity contribution in [3.05, 3.63) is 29.3 Å². The monoisotopic (exact) mass is 456 g/mol. The van der Waals surface area contributed by atoms with Crippen LogP contribution in [0.15, 0.2) is 23.2 Å². The van der Waals surface area contributed by atoms with Crippen molar-refractivity contribution in [2.45, 2.75) is 51.9 Å². The number of nitrogens with zero attached hydrogens (tertiary/aromatic N) is 2. The Labute approximate surface area is 169 Å². The van der Waals surface area contributed by atoms with Gasteiger partial charge in [0.1, 0.15) is 0 Å². The second-order valence-corrected chi connectivity index (χ2v) is 7.21. The number of aryl methyl sites for hydroxylation is 1. The van der Waals surface area contributed by atoms with Crippen molar-refractivity contribution in [2.24, 2.45) is 16.6 Å². The standard InChI is InChI=1S/C20H32N4.HI/c1-2-24-14-11-16(12-15-24)10-13-22-20(21)23-19-9-5-7-17-6-3-4-8-18(17)19;/h5,7,9,16H,2-4,6,8,10-15H2,1H3,(H3,21,22,23);1H. The predicted molar refractivity (Wildman–Crippen MR) is 118 cm³/mol. The Hall–Kier alpha value is -0.820. The zero-order valence-electron chi connectivity index (χ0n) is 15.5. The largest absolute Gasteiger partial charge is 0.370 e. The molecule has 3 rings (SSSR count). The zero-order chi connectivity index (χ0) is 16.8. The van der Waals surface area contributed by atoms with Crippen LogP contribution in [0.5, 0.6) is 0 Å². The number of piperidine rings is 1. The molecule has 3 N–H and O–H groups in total. The smallest absolute Gasteiger partial charge is 0.193 e. The fourth-order valence-corrected chi connectivity index (χ4v) is 4.03. The maximum absolute atomic E-state index is 6.13. The molecule has 1 aliphatic heterocycles. The first kappa shape index (κ1) is 20.5. The maximum Gasteiger partial charge on any atom is 0.193 e. The second kappa shape index (κ2) is 10.4. The molecule has 1 aromatic carbocycles. The molecule has 1 fully saturated rings. The number of fused-ring (bicyclic) bond motifs is 1. The van der Waals surface area contributed by atoms with Crippen molar-refractivity contribution in [2.75, 3.05) is 31.5 Å². The van der Waals surface area contributed by atoms with E-state index in [9.17, 15) is 0 Å². The van der Waals surface area contributed by atoms with E-state index in [1.807, 2.05) is 0 Å². The lowest BCUT2D eigenvalue weighted by Gasteiger charge is -2.30. The van der Waals surface area contributed by atoms with Crippen LogP contribution >= 0.6 is 24.0 Å². The first-order valence-corrected chi connectivity index (χ1v) is 9.66. The number of aliphatic imine (C=N–C) groups is 1. The number of guanidine groups is 1. The van der Waals surface area contributed by atoms with Crippen LogP contribution in [-0.4, -0.2) is 37.0 Å². The van der Waals surface area contributed by atoms with Crippen LogP contribution < -0.4 is 11.1 Å². The highest BCUT2D eigenvalue weighted by Crippen LogP contribution is 2.27. The number of likely N-dealkylation sites (tertiary alicyclic amines) is 1. The Morgan fingerprint density at radius 2 is 2.00 bits per heavy atom. The Bertz CT molecular complexity index is 565. The second-order valence-electron chi connectivity index (χ2n) is 7.21. The minimum absolute atomic E-state index is 0. The molecule has 25 heavy (non-hydrogen) atoms. The topological polar surface area (TPSA) is 53.6 Å². The molecule has 0 bridgehead atoms. The molecule has 0 atom stereocenters. The van der Waals surface area contributed by atoms with Crippen LogP contribution in [0, 0.1) is 5.92 Å². The minimum Gasteiger partial charge on any atom is -0.370 e. The third-order valence-electron chi connectivity index (χ3n) is 5.63. The highest BCUT2D eigenvalue weighted by Gasteiger charge is 2.17. The molecule has 1 aromatic rings. The van der Waals surface area contributed by atoms with E-state index in [1.165, 1.54) is 62.9 Å². The zero-order valence-corrected chi connectivity index (χ0v) is 17.8. The Kier molecular flexibility index (Phi) is 8.49. The molecule has 140 valence electrons. The van der Waals surface area contributed by atoms with Crippen molar-refractivity contribution in [3.8, 4) is 0 Å². The van der Waals surface area contributed by atoms with E-state index in [0.29, 0.717) is 5.96 Å². The first-order valence-electron chi connectivity index (χ1n) is 9.66. The van der Waals surface area contributed by atoms with E-state index in [1.54, 1.807) is 0 Å². The molecular formula is C20H33IN4. The van der Waals surface area contributed by atoms with Crippen molar-refractivity contribution < 1.29 is 0 Å². The van der Waals surface area contributed by atoms with Crippen LogP contribution in [0.1, 0.15) is 50.2 Å². The van der Waals surface area contributed by atoms with Crippen molar-refractivity contribution in [3.63, 3.8) is 0 Å². The van der Waals surface area contributed by atoms with Gasteiger partial charge in [-0.15, -0.1) is 24.0 Å². The molecule has 5 heteroatoms. The summed E-state index contributed by atoms with van der Waals surface area (Å²) in [7, 11) is 0. The molecule has 4 nitrogen and oxygen atoms in total. The summed E-state index contributed by atoms with van der Waals surface area (Å²) in [6, 6.07) is 6.50. The third-order valence-corrected chi connectivity index (χ3v) is 5.63. The summed E-state index contributed by atoms with van der Waals surface area (Å²) in [6.07, 6.45) is 8.70. The predicted octanol–water partition coefficient (Wildman–Crippen LogP) is 4.03. The fourth-order valence-electron chi connectivity index (χ4n) is 4.03. The van der Waals surface area contributed by atoms with Gasteiger partial charge in [-0.25, -0.2) is 0 Å². The summed E-state index contributed by atoms with van der Waals surface area (Å²) >= 11 is 0. The lowest BCUT2D eigenvalue weighted by molar-refractivity contribution is 0.188. The van der Waals surface area contributed by atoms with E-state index in [-0.39, 0.29) is 24.0 Å². The first-order chi connectivity index (χ1) is 11.8. The summed E-state index contributed by atoms with van der Waals surface area (Å²) in [4.78, 5) is 7.11. The summed E-state index contributed by atoms with van der Waals surface area (Å²) in [5.74, 6) is 1.38. The number of nitrogens with one attached hydrogen (secondary N) is 1. The highest BCUT2D eigenvalue weighted by atomic mass is 127. The van der Waals surface area contributed by atoms with Gasteiger partial charge in [0, 0.05) is 12.2 Å². The summed E-state index contributed by atoms with van der Waals surface area (Å²) in [6.45, 7) is 6.76. The van der Waals surface area contributed by atoms with Crippen LogP contribution in [0.25, 0.3) is 0 Å². The number of nitrogens with two attached hydrogens (primary N) is 1.